The molecule has 2 heterocycles. The number of carbonyl (C=O) groups is 1. The summed E-state index contributed by atoms with van der Waals surface area (Å²) in [6.07, 6.45) is 5.37. The molecule has 164 valence electrons. The van der Waals surface area contributed by atoms with Crippen LogP contribution in [0.5, 0.6) is 5.75 Å². The lowest BCUT2D eigenvalue weighted by molar-refractivity contribution is 0.0696. The van der Waals surface area contributed by atoms with E-state index in [0.717, 1.165) is 42.9 Å². The van der Waals surface area contributed by atoms with Gasteiger partial charge >= 0.3 is 5.97 Å². The Kier molecular flexibility index (Phi) is 5.92. The van der Waals surface area contributed by atoms with Crippen molar-refractivity contribution in [2.45, 2.75) is 38.8 Å². The number of H-pyrrole nitrogens is 1. The van der Waals surface area contributed by atoms with Crippen LogP contribution in [0.2, 0.25) is 0 Å². The SMILES string of the molecule is COc1cc(C)c2[nH]ccc2c1CN1CCCC[C@H]1c1ccc(C(=O)O)cc1N(C)C. The molecular weight excluding hydrogens is 390 g/mol. The van der Waals surface area contributed by atoms with E-state index in [0.29, 0.717) is 5.56 Å². The third-order valence-electron chi connectivity index (χ3n) is 6.42. The Bertz CT molecular complexity index is 1100. The number of aromatic carboxylic acids is 1. The monoisotopic (exact) mass is 421 g/mol. The molecule has 31 heavy (non-hydrogen) atoms. The van der Waals surface area contributed by atoms with Gasteiger partial charge in [-0.1, -0.05) is 12.5 Å². The molecule has 0 bridgehead atoms. The first-order chi connectivity index (χ1) is 14.9. The summed E-state index contributed by atoms with van der Waals surface area (Å²) >= 11 is 0. The number of nitrogens with one attached hydrogen (secondary N) is 1. The third-order valence-corrected chi connectivity index (χ3v) is 6.42. The zero-order valence-corrected chi connectivity index (χ0v) is 18.7. The molecule has 1 aliphatic heterocycles. The first kappa shape index (κ1) is 21.2. The number of likely N-dealkylation sites (tertiary alicyclic amines) is 1. The number of carboxylic acid groups (broad SMARTS) is 1. The second kappa shape index (κ2) is 8.63. The van der Waals surface area contributed by atoms with Crippen LogP contribution < -0.4 is 9.64 Å². The van der Waals surface area contributed by atoms with E-state index in [1.807, 2.05) is 31.3 Å². The number of benzene rings is 2. The predicted octanol–water partition coefficient (Wildman–Crippen LogP) is 4.98. The molecule has 0 spiro atoms. The van der Waals surface area contributed by atoms with E-state index >= 15 is 0 Å². The molecule has 2 N–H and O–H groups in total. The van der Waals surface area contributed by atoms with Crippen LogP contribution in [0, 0.1) is 6.92 Å². The van der Waals surface area contributed by atoms with Gasteiger partial charge in [0.25, 0.3) is 0 Å². The number of aryl methyl sites for hydroxylation is 1. The number of fused-ring (bicyclic) bond motifs is 1. The molecule has 0 radical (unpaired) electrons. The van der Waals surface area contributed by atoms with Gasteiger partial charge in [0.05, 0.1) is 12.7 Å². The minimum Gasteiger partial charge on any atom is -0.496 e. The Morgan fingerprint density at radius 2 is 2.06 bits per heavy atom. The number of hydrogen-bond acceptors (Lipinski definition) is 4. The molecule has 3 aromatic rings. The van der Waals surface area contributed by atoms with Crippen LogP contribution in [0.3, 0.4) is 0 Å². The second-order valence-corrected chi connectivity index (χ2v) is 8.60. The van der Waals surface area contributed by atoms with Crippen LogP contribution in [0.1, 0.15) is 52.4 Å². The normalized spacial score (nSPS) is 17.1. The number of rotatable bonds is 6. The summed E-state index contributed by atoms with van der Waals surface area (Å²) in [6.45, 7) is 3.89. The fraction of sp³-hybridized carbons (Fsp3) is 0.400. The van der Waals surface area contributed by atoms with E-state index in [1.54, 1.807) is 19.2 Å². The Hall–Kier alpha value is -2.99. The van der Waals surface area contributed by atoms with Gasteiger partial charge in [-0.2, -0.15) is 0 Å². The van der Waals surface area contributed by atoms with Crippen molar-refractivity contribution in [2.75, 3.05) is 32.6 Å². The van der Waals surface area contributed by atoms with Crippen LogP contribution in [-0.4, -0.2) is 48.7 Å². The fourth-order valence-electron chi connectivity index (χ4n) is 4.86. The lowest BCUT2D eigenvalue weighted by Gasteiger charge is -2.38. The summed E-state index contributed by atoms with van der Waals surface area (Å²) in [5, 5.41) is 10.7. The summed E-state index contributed by atoms with van der Waals surface area (Å²) in [7, 11) is 5.69. The summed E-state index contributed by atoms with van der Waals surface area (Å²) < 4.78 is 5.78. The number of hydrogen-bond donors (Lipinski definition) is 2. The highest BCUT2D eigenvalue weighted by atomic mass is 16.5. The third kappa shape index (κ3) is 4.00. The molecule has 4 rings (SSSR count). The largest absolute Gasteiger partial charge is 0.496 e. The van der Waals surface area contributed by atoms with E-state index in [2.05, 4.69) is 28.9 Å². The van der Waals surface area contributed by atoms with Crippen LogP contribution in [-0.2, 0) is 6.54 Å². The molecule has 1 saturated heterocycles. The zero-order chi connectivity index (χ0) is 22.1. The minimum atomic E-state index is -0.894. The van der Waals surface area contributed by atoms with Gasteiger partial charge in [-0.15, -0.1) is 0 Å². The van der Waals surface area contributed by atoms with Crippen molar-refractivity contribution >= 4 is 22.6 Å². The first-order valence-electron chi connectivity index (χ1n) is 10.8. The number of ether oxygens (including phenoxy) is 1. The van der Waals surface area contributed by atoms with E-state index in [1.165, 1.54) is 28.5 Å². The van der Waals surface area contributed by atoms with E-state index < -0.39 is 5.97 Å². The number of piperidine rings is 1. The number of nitrogens with zero attached hydrogens (tertiary/aromatic N) is 2. The molecule has 6 heteroatoms. The smallest absolute Gasteiger partial charge is 0.335 e. The maximum absolute atomic E-state index is 11.5. The average molecular weight is 422 g/mol. The quantitative estimate of drug-likeness (QED) is 0.588. The molecule has 1 fully saturated rings. The van der Waals surface area contributed by atoms with Crippen LogP contribution in [0.4, 0.5) is 5.69 Å². The van der Waals surface area contributed by atoms with Gasteiger partial charge in [0.15, 0.2) is 0 Å². The van der Waals surface area contributed by atoms with Gasteiger partial charge in [-0.25, -0.2) is 4.79 Å². The number of methoxy groups -OCH3 is 1. The number of aromatic amines is 1. The van der Waals surface area contributed by atoms with Crippen molar-refractivity contribution in [3.05, 3.63) is 58.8 Å². The van der Waals surface area contributed by atoms with Crippen molar-refractivity contribution in [1.82, 2.24) is 9.88 Å². The molecule has 1 atom stereocenters. The van der Waals surface area contributed by atoms with Crippen molar-refractivity contribution in [2.24, 2.45) is 0 Å². The number of carboxylic acids is 1. The Labute approximate surface area is 183 Å². The number of aromatic nitrogens is 1. The van der Waals surface area contributed by atoms with Crippen molar-refractivity contribution in [3.63, 3.8) is 0 Å². The summed E-state index contributed by atoms with van der Waals surface area (Å²) in [5.41, 5.74) is 6.01. The van der Waals surface area contributed by atoms with Crippen molar-refractivity contribution in [3.8, 4) is 5.75 Å². The van der Waals surface area contributed by atoms with Gasteiger partial charge in [-0.05, 0) is 61.7 Å². The van der Waals surface area contributed by atoms with Crippen molar-refractivity contribution < 1.29 is 14.6 Å². The molecule has 0 aliphatic carbocycles. The molecule has 6 nitrogen and oxygen atoms in total. The average Bonchev–Trinajstić information content (AvgIpc) is 3.26. The summed E-state index contributed by atoms with van der Waals surface area (Å²) in [6, 6.07) is 10.00. The molecule has 0 unspecified atom stereocenters. The second-order valence-electron chi connectivity index (χ2n) is 8.60. The van der Waals surface area contributed by atoms with Crippen LogP contribution in [0.25, 0.3) is 10.9 Å². The van der Waals surface area contributed by atoms with Gasteiger partial charge in [0, 0.05) is 55.0 Å². The molecule has 0 saturated carbocycles. The maximum Gasteiger partial charge on any atom is 0.335 e. The Balaban J connectivity index is 1.75. The standard InChI is InChI=1S/C25H31N3O3/c1-16-13-23(31-4)20(18-10-11-26-24(16)18)15-28-12-6-5-7-21(28)19-9-8-17(25(29)30)14-22(19)27(2)3/h8-11,13-14,21,26H,5-7,12,15H2,1-4H3,(H,29,30)/t21-/m0/s1. The highest BCUT2D eigenvalue weighted by molar-refractivity contribution is 5.89. The molecule has 0 amide bonds. The molecular formula is C25H31N3O3. The van der Waals surface area contributed by atoms with Gasteiger partial charge in [0.1, 0.15) is 5.75 Å². The highest BCUT2D eigenvalue weighted by Crippen LogP contribution is 2.40. The van der Waals surface area contributed by atoms with Gasteiger partial charge in [-0.3, -0.25) is 4.90 Å². The van der Waals surface area contributed by atoms with E-state index in [4.69, 9.17) is 4.74 Å². The lowest BCUT2D eigenvalue weighted by Crippen LogP contribution is -2.34. The van der Waals surface area contributed by atoms with Gasteiger partial charge in [0.2, 0.25) is 0 Å². The van der Waals surface area contributed by atoms with Gasteiger partial charge < -0.3 is 19.7 Å². The first-order valence-corrected chi connectivity index (χ1v) is 10.8. The highest BCUT2D eigenvalue weighted by Gasteiger charge is 2.28. The maximum atomic E-state index is 11.5. The summed E-state index contributed by atoms with van der Waals surface area (Å²) in [4.78, 5) is 19.4. The molecule has 1 aromatic heterocycles. The van der Waals surface area contributed by atoms with E-state index in [9.17, 15) is 9.90 Å². The van der Waals surface area contributed by atoms with E-state index in [-0.39, 0.29) is 6.04 Å². The van der Waals surface area contributed by atoms with Crippen molar-refractivity contribution in [1.29, 1.82) is 0 Å². The number of anilines is 1. The summed E-state index contributed by atoms with van der Waals surface area (Å²) in [5.74, 6) is 0.0253. The van der Waals surface area contributed by atoms with Crippen LogP contribution in [0.15, 0.2) is 36.5 Å². The topological polar surface area (TPSA) is 68.8 Å². The fourth-order valence-corrected chi connectivity index (χ4v) is 4.86. The predicted molar refractivity (Wildman–Crippen MR) is 124 cm³/mol. The molecule has 2 aromatic carbocycles. The molecule has 1 aliphatic rings. The minimum absolute atomic E-state index is 0.231. The Morgan fingerprint density at radius 1 is 1.26 bits per heavy atom. The lowest BCUT2D eigenvalue weighted by atomic mass is 9.91. The van der Waals surface area contributed by atoms with Crippen LogP contribution >= 0.6 is 0 Å². The zero-order valence-electron chi connectivity index (χ0n) is 18.7. The Morgan fingerprint density at radius 3 is 2.77 bits per heavy atom.